The topological polar surface area (TPSA) is 49.3 Å². The number of carbonyl (C=O) groups excluding carboxylic acids is 1. The van der Waals surface area contributed by atoms with Gasteiger partial charge in [-0.15, -0.1) is 0 Å². The predicted molar refractivity (Wildman–Crippen MR) is 94.5 cm³/mol. The van der Waals surface area contributed by atoms with Crippen LogP contribution in [0.25, 0.3) is 0 Å². The normalized spacial score (nSPS) is 16.7. The number of amides is 1. The zero-order valence-corrected chi connectivity index (χ0v) is 14.8. The third-order valence-electron chi connectivity index (χ3n) is 4.22. The molecule has 0 radical (unpaired) electrons. The molecule has 0 spiro atoms. The van der Waals surface area contributed by atoms with Crippen molar-refractivity contribution in [2.75, 3.05) is 6.54 Å². The second-order valence-corrected chi connectivity index (χ2v) is 7.19. The van der Waals surface area contributed by atoms with Crippen molar-refractivity contribution in [3.63, 3.8) is 0 Å². The minimum absolute atomic E-state index is 0.170. The van der Waals surface area contributed by atoms with Gasteiger partial charge in [-0.2, -0.15) is 0 Å². The third kappa shape index (κ3) is 3.60. The van der Waals surface area contributed by atoms with Gasteiger partial charge in [-0.1, -0.05) is 57.9 Å². The molecular weight excluding hydrogens is 378 g/mol. The van der Waals surface area contributed by atoms with E-state index in [0.717, 1.165) is 22.9 Å². The van der Waals surface area contributed by atoms with Crippen LogP contribution in [0.2, 0.25) is 5.02 Å². The van der Waals surface area contributed by atoms with Crippen molar-refractivity contribution in [2.24, 2.45) is 5.92 Å². The summed E-state index contributed by atoms with van der Waals surface area (Å²) in [4.78, 5) is 12.4. The molecule has 1 aliphatic rings. The van der Waals surface area contributed by atoms with Gasteiger partial charge >= 0.3 is 0 Å². The fraction of sp³-hybridized carbons (Fsp3) is 0.278. The monoisotopic (exact) mass is 393 g/mol. The summed E-state index contributed by atoms with van der Waals surface area (Å²) in [7, 11) is 0. The van der Waals surface area contributed by atoms with Crippen LogP contribution in [0.15, 0.2) is 53.0 Å². The first kappa shape index (κ1) is 16.5. The van der Waals surface area contributed by atoms with Gasteiger partial charge in [0, 0.05) is 4.47 Å². The van der Waals surface area contributed by atoms with Gasteiger partial charge in [0.1, 0.15) is 5.60 Å². The first-order chi connectivity index (χ1) is 11.0. The number of hydrogen-bond donors (Lipinski definition) is 2. The molecule has 1 saturated carbocycles. The molecule has 23 heavy (non-hydrogen) atoms. The molecule has 3 nitrogen and oxygen atoms in total. The van der Waals surface area contributed by atoms with Crippen LogP contribution in [0.5, 0.6) is 0 Å². The average Bonchev–Trinajstić information content (AvgIpc) is 3.41. The number of rotatable bonds is 5. The van der Waals surface area contributed by atoms with Crippen molar-refractivity contribution < 1.29 is 9.90 Å². The molecule has 0 aliphatic heterocycles. The van der Waals surface area contributed by atoms with Gasteiger partial charge in [-0.25, -0.2) is 0 Å². The molecule has 1 unspecified atom stereocenters. The second kappa shape index (κ2) is 6.63. The van der Waals surface area contributed by atoms with Gasteiger partial charge in [-0.05, 0) is 42.5 Å². The average molecular weight is 395 g/mol. The van der Waals surface area contributed by atoms with Crippen molar-refractivity contribution in [1.29, 1.82) is 0 Å². The number of hydrogen-bond acceptors (Lipinski definition) is 2. The lowest BCUT2D eigenvalue weighted by Crippen LogP contribution is -2.42. The Bertz CT molecular complexity index is 718. The van der Waals surface area contributed by atoms with Gasteiger partial charge in [0.25, 0.3) is 5.91 Å². The zero-order valence-electron chi connectivity index (χ0n) is 12.4. The van der Waals surface area contributed by atoms with Gasteiger partial charge < -0.3 is 10.4 Å². The van der Waals surface area contributed by atoms with E-state index in [1.807, 2.05) is 30.3 Å². The van der Waals surface area contributed by atoms with E-state index in [1.54, 1.807) is 18.2 Å². The van der Waals surface area contributed by atoms with Crippen molar-refractivity contribution in [1.82, 2.24) is 5.32 Å². The minimum Gasteiger partial charge on any atom is -0.383 e. The van der Waals surface area contributed by atoms with Crippen molar-refractivity contribution in [2.45, 2.75) is 18.4 Å². The molecule has 0 heterocycles. The lowest BCUT2D eigenvalue weighted by atomic mass is 9.88. The molecule has 2 aromatic rings. The van der Waals surface area contributed by atoms with E-state index in [4.69, 9.17) is 11.6 Å². The Labute approximate surface area is 148 Å². The maximum atomic E-state index is 12.4. The smallest absolute Gasteiger partial charge is 0.252 e. The molecule has 1 aliphatic carbocycles. The number of halogens is 2. The molecule has 1 amide bonds. The van der Waals surface area contributed by atoms with E-state index in [9.17, 15) is 9.90 Å². The maximum absolute atomic E-state index is 12.4. The van der Waals surface area contributed by atoms with Gasteiger partial charge in [0.15, 0.2) is 0 Å². The largest absolute Gasteiger partial charge is 0.383 e. The SMILES string of the molecule is O=C(NCC(O)(c1ccccc1)C1CC1)c1cc(Br)ccc1Cl. The summed E-state index contributed by atoms with van der Waals surface area (Å²) >= 11 is 9.43. The number of benzene rings is 2. The van der Waals surface area contributed by atoms with Crippen molar-refractivity contribution in [3.8, 4) is 0 Å². The standard InChI is InChI=1S/C18H17BrClNO2/c19-14-8-9-16(20)15(10-14)17(22)21-11-18(23,13-6-7-13)12-4-2-1-3-5-12/h1-5,8-10,13,23H,6-7,11H2,(H,21,22). The number of carbonyl (C=O) groups is 1. The van der Waals surface area contributed by atoms with Crippen LogP contribution in [0, 0.1) is 5.92 Å². The molecule has 0 aromatic heterocycles. The summed E-state index contributed by atoms with van der Waals surface area (Å²) in [5.41, 5.74) is 0.200. The van der Waals surface area contributed by atoms with Crippen molar-refractivity contribution in [3.05, 3.63) is 69.2 Å². The summed E-state index contributed by atoms with van der Waals surface area (Å²) in [6.45, 7) is 0.170. The highest BCUT2D eigenvalue weighted by atomic mass is 79.9. The Morgan fingerprint density at radius 2 is 1.96 bits per heavy atom. The van der Waals surface area contributed by atoms with E-state index in [2.05, 4.69) is 21.2 Å². The fourth-order valence-electron chi connectivity index (χ4n) is 2.75. The number of aliphatic hydroxyl groups is 1. The molecule has 2 N–H and O–H groups in total. The van der Waals surface area contributed by atoms with Crippen LogP contribution >= 0.6 is 27.5 Å². The van der Waals surface area contributed by atoms with E-state index < -0.39 is 5.60 Å². The molecule has 2 aromatic carbocycles. The van der Waals surface area contributed by atoms with Crippen LogP contribution in [0.1, 0.15) is 28.8 Å². The van der Waals surface area contributed by atoms with E-state index in [-0.39, 0.29) is 18.4 Å². The summed E-state index contributed by atoms with van der Waals surface area (Å²) in [6.07, 6.45) is 1.94. The van der Waals surface area contributed by atoms with Crippen LogP contribution < -0.4 is 5.32 Å². The van der Waals surface area contributed by atoms with E-state index in [1.165, 1.54) is 0 Å². The summed E-state index contributed by atoms with van der Waals surface area (Å²) in [6, 6.07) is 14.6. The Morgan fingerprint density at radius 3 is 2.61 bits per heavy atom. The summed E-state index contributed by atoms with van der Waals surface area (Å²) in [5.74, 6) is -0.102. The minimum atomic E-state index is -1.03. The van der Waals surface area contributed by atoms with Gasteiger partial charge in [0.2, 0.25) is 0 Å². The molecule has 5 heteroatoms. The summed E-state index contributed by atoms with van der Waals surface area (Å²) in [5, 5.41) is 14.3. The Morgan fingerprint density at radius 1 is 1.26 bits per heavy atom. The molecule has 0 saturated heterocycles. The molecule has 1 atom stereocenters. The Kier molecular flexibility index (Phi) is 4.76. The van der Waals surface area contributed by atoms with E-state index >= 15 is 0 Å². The molecule has 1 fully saturated rings. The molecule has 3 rings (SSSR count). The zero-order chi connectivity index (χ0) is 16.4. The molecule has 120 valence electrons. The first-order valence-corrected chi connectivity index (χ1v) is 8.69. The maximum Gasteiger partial charge on any atom is 0.252 e. The fourth-order valence-corrected chi connectivity index (χ4v) is 3.32. The predicted octanol–water partition coefficient (Wildman–Crippen LogP) is 4.13. The molecule has 0 bridgehead atoms. The Balaban J connectivity index is 1.77. The van der Waals surface area contributed by atoms with Gasteiger partial charge in [-0.3, -0.25) is 4.79 Å². The van der Waals surface area contributed by atoms with Crippen LogP contribution in [0.4, 0.5) is 0 Å². The quantitative estimate of drug-likeness (QED) is 0.801. The molecular formula is C18H17BrClNO2. The number of nitrogens with one attached hydrogen (secondary N) is 1. The second-order valence-electron chi connectivity index (χ2n) is 5.87. The summed E-state index contributed by atoms with van der Waals surface area (Å²) < 4.78 is 0.785. The third-order valence-corrected chi connectivity index (χ3v) is 5.04. The van der Waals surface area contributed by atoms with Gasteiger partial charge in [0.05, 0.1) is 17.1 Å². The van der Waals surface area contributed by atoms with Crippen LogP contribution in [-0.2, 0) is 5.60 Å². The Hall–Kier alpha value is -1.36. The highest BCUT2D eigenvalue weighted by Crippen LogP contribution is 2.45. The lowest BCUT2D eigenvalue weighted by Gasteiger charge is -2.29. The van der Waals surface area contributed by atoms with Crippen molar-refractivity contribution >= 4 is 33.4 Å². The first-order valence-electron chi connectivity index (χ1n) is 7.52. The van der Waals surface area contributed by atoms with Crippen LogP contribution in [-0.4, -0.2) is 17.6 Å². The highest BCUT2D eigenvalue weighted by molar-refractivity contribution is 9.10. The lowest BCUT2D eigenvalue weighted by molar-refractivity contribution is 0.0135. The highest BCUT2D eigenvalue weighted by Gasteiger charge is 2.45. The van der Waals surface area contributed by atoms with Crippen LogP contribution in [0.3, 0.4) is 0 Å². The van der Waals surface area contributed by atoms with E-state index in [0.29, 0.717) is 10.6 Å².